The monoisotopic (exact) mass is 275 g/mol. The van der Waals surface area contributed by atoms with Gasteiger partial charge in [-0.15, -0.1) is 0 Å². The van der Waals surface area contributed by atoms with E-state index in [9.17, 15) is 0 Å². The largest absolute Gasteiger partial charge is 0.489 e. The maximum Gasteiger partial charge on any atom is 0.122 e. The van der Waals surface area contributed by atoms with Gasteiger partial charge in [-0.3, -0.25) is 0 Å². The molecule has 1 aliphatic carbocycles. The lowest BCUT2D eigenvalue weighted by atomic mass is 9.82. The standard InChI is InChI=1S/C18H29NO/c1-4-12-19-16-11-10-15(5-2)13-18(16)20-17-9-7-6-8-14(17)3/h6-9,15-16,18-19H,4-5,10-13H2,1-3H3. The molecule has 3 unspecified atom stereocenters. The third kappa shape index (κ3) is 3.99. The van der Waals surface area contributed by atoms with Crippen LogP contribution >= 0.6 is 0 Å². The van der Waals surface area contributed by atoms with Crippen molar-refractivity contribution in [3.05, 3.63) is 29.8 Å². The first-order valence-electron chi connectivity index (χ1n) is 8.20. The van der Waals surface area contributed by atoms with Gasteiger partial charge in [0.05, 0.1) is 0 Å². The molecule has 2 rings (SSSR count). The van der Waals surface area contributed by atoms with Gasteiger partial charge in [-0.2, -0.15) is 0 Å². The van der Waals surface area contributed by atoms with E-state index in [0.717, 1.165) is 18.2 Å². The van der Waals surface area contributed by atoms with E-state index in [1.165, 1.54) is 37.7 Å². The molecular weight excluding hydrogens is 246 g/mol. The van der Waals surface area contributed by atoms with Crippen molar-refractivity contribution >= 4 is 0 Å². The topological polar surface area (TPSA) is 21.3 Å². The first kappa shape index (κ1) is 15.4. The third-order valence-electron chi connectivity index (χ3n) is 4.51. The molecule has 0 radical (unpaired) electrons. The molecule has 1 aliphatic rings. The average Bonchev–Trinajstić information content (AvgIpc) is 2.48. The smallest absolute Gasteiger partial charge is 0.122 e. The molecule has 112 valence electrons. The molecule has 0 bridgehead atoms. The molecule has 0 amide bonds. The first-order valence-corrected chi connectivity index (χ1v) is 8.20. The number of para-hydroxylation sites is 1. The van der Waals surface area contributed by atoms with Crippen LogP contribution in [0.1, 0.15) is 51.5 Å². The van der Waals surface area contributed by atoms with Gasteiger partial charge in [0.15, 0.2) is 0 Å². The molecule has 3 atom stereocenters. The van der Waals surface area contributed by atoms with Crippen molar-refractivity contribution < 1.29 is 4.74 Å². The zero-order valence-electron chi connectivity index (χ0n) is 13.2. The van der Waals surface area contributed by atoms with E-state index in [4.69, 9.17) is 4.74 Å². The SMILES string of the molecule is CCCNC1CCC(CC)CC1Oc1ccccc1C. The summed E-state index contributed by atoms with van der Waals surface area (Å²) in [7, 11) is 0. The Morgan fingerprint density at radius 2 is 2.00 bits per heavy atom. The van der Waals surface area contributed by atoms with Crippen LogP contribution in [-0.4, -0.2) is 18.7 Å². The Kier molecular flexibility index (Phi) is 5.90. The van der Waals surface area contributed by atoms with E-state index in [2.05, 4.69) is 50.4 Å². The number of hydrogen-bond donors (Lipinski definition) is 1. The van der Waals surface area contributed by atoms with Crippen molar-refractivity contribution in [3.8, 4) is 5.75 Å². The van der Waals surface area contributed by atoms with Gasteiger partial charge in [0, 0.05) is 6.04 Å². The Morgan fingerprint density at radius 1 is 1.20 bits per heavy atom. The van der Waals surface area contributed by atoms with E-state index < -0.39 is 0 Å². The summed E-state index contributed by atoms with van der Waals surface area (Å²) in [5, 5.41) is 3.68. The highest BCUT2D eigenvalue weighted by Crippen LogP contribution is 2.31. The molecular formula is C18H29NO. The highest BCUT2D eigenvalue weighted by molar-refractivity contribution is 5.32. The van der Waals surface area contributed by atoms with Crippen molar-refractivity contribution in [3.63, 3.8) is 0 Å². The highest BCUT2D eigenvalue weighted by atomic mass is 16.5. The van der Waals surface area contributed by atoms with Gasteiger partial charge >= 0.3 is 0 Å². The summed E-state index contributed by atoms with van der Waals surface area (Å²) in [5.74, 6) is 1.88. The Hall–Kier alpha value is -1.02. The van der Waals surface area contributed by atoms with Crippen LogP contribution in [-0.2, 0) is 0 Å². The fourth-order valence-electron chi connectivity index (χ4n) is 3.13. The lowest BCUT2D eigenvalue weighted by molar-refractivity contribution is 0.0843. The summed E-state index contributed by atoms with van der Waals surface area (Å²) in [6.07, 6.45) is 6.55. The molecule has 20 heavy (non-hydrogen) atoms. The van der Waals surface area contributed by atoms with E-state index in [1.807, 2.05) is 0 Å². The van der Waals surface area contributed by atoms with Crippen molar-refractivity contribution in [1.29, 1.82) is 0 Å². The van der Waals surface area contributed by atoms with Gasteiger partial charge < -0.3 is 10.1 Å². The molecule has 2 heteroatoms. The summed E-state index contributed by atoms with van der Waals surface area (Å²) >= 11 is 0. The number of hydrogen-bond acceptors (Lipinski definition) is 2. The van der Waals surface area contributed by atoms with E-state index in [0.29, 0.717) is 12.1 Å². The number of ether oxygens (including phenoxy) is 1. The number of aryl methyl sites for hydroxylation is 1. The second-order valence-corrected chi connectivity index (χ2v) is 6.07. The Morgan fingerprint density at radius 3 is 2.70 bits per heavy atom. The summed E-state index contributed by atoms with van der Waals surface area (Å²) in [6, 6.07) is 8.88. The molecule has 2 nitrogen and oxygen atoms in total. The Labute approximate surface area is 123 Å². The molecule has 1 fully saturated rings. The second kappa shape index (κ2) is 7.68. The fraction of sp³-hybridized carbons (Fsp3) is 0.667. The molecule has 1 aromatic carbocycles. The van der Waals surface area contributed by atoms with Crippen LogP contribution in [0.15, 0.2) is 24.3 Å². The fourth-order valence-corrected chi connectivity index (χ4v) is 3.13. The maximum absolute atomic E-state index is 6.37. The van der Waals surface area contributed by atoms with Crippen molar-refractivity contribution in [2.24, 2.45) is 5.92 Å². The zero-order valence-corrected chi connectivity index (χ0v) is 13.2. The maximum atomic E-state index is 6.37. The first-order chi connectivity index (χ1) is 9.74. The summed E-state index contributed by atoms with van der Waals surface area (Å²) in [5.41, 5.74) is 1.24. The molecule has 1 aromatic rings. The number of nitrogens with one attached hydrogen (secondary N) is 1. The van der Waals surface area contributed by atoms with Gasteiger partial charge in [-0.25, -0.2) is 0 Å². The van der Waals surface area contributed by atoms with Crippen LogP contribution in [0, 0.1) is 12.8 Å². The zero-order chi connectivity index (χ0) is 14.4. The quantitative estimate of drug-likeness (QED) is 0.834. The van der Waals surface area contributed by atoms with E-state index in [-0.39, 0.29) is 0 Å². The van der Waals surface area contributed by atoms with E-state index in [1.54, 1.807) is 0 Å². The lowest BCUT2D eigenvalue weighted by Crippen LogP contribution is -2.47. The van der Waals surface area contributed by atoms with Crippen LogP contribution < -0.4 is 10.1 Å². The van der Waals surface area contributed by atoms with Crippen molar-refractivity contribution in [1.82, 2.24) is 5.32 Å². The highest BCUT2D eigenvalue weighted by Gasteiger charge is 2.31. The average molecular weight is 275 g/mol. The van der Waals surface area contributed by atoms with Crippen molar-refractivity contribution in [2.75, 3.05) is 6.54 Å². The van der Waals surface area contributed by atoms with Gasteiger partial charge in [0.2, 0.25) is 0 Å². The van der Waals surface area contributed by atoms with Gasteiger partial charge in [0.25, 0.3) is 0 Å². The van der Waals surface area contributed by atoms with E-state index >= 15 is 0 Å². The predicted molar refractivity (Wildman–Crippen MR) is 85.3 cm³/mol. The molecule has 0 saturated heterocycles. The third-order valence-corrected chi connectivity index (χ3v) is 4.51. The molecule has 0 heterocycles. The number of benzene rings is 1. The Balaban J connectivity index is 2.04. The minimum atomic E-state index is 0.321. The van der Waals surface area contributed by atoms with Crippen LogP contribution in [0.2, 0.25) is 0 Å². The second-order valence-electron chi connectivity index (χ2n) is 6.07. The molecule has 0 spiro atoms. The molecule has 1 saturated carbocycles. The van der Waals surface area contributed by atoms with Gasteiger partial charge in [0.1, 0.15) is 11.9 Å². The van der Waals surface area contributed by atoms with Crippen LogP contribution in [0.5, 0.6) is 5.75 Å². The molecule has 0 aliphatic heterocycles. The minimum absolute atomic E-state index is 0.321. The molecule has 0 aromatic heterocycles. The van der Waals surface area contributed by atoms with Gasteiger partial charge in [-0.05, 0) is 56.7 Å². The predicted octanol–water partition coefficient (Wildman–Crippen LogP) is 4.32. The van der Waals surface area contributed by atoms with Crippen LogP contribution in [0.25, 0.3) is 0 Å². The van der Waals surface area contributed by atoms with Crippen LogP contribution in [0.4, 0.5) is 0 Å². The summed E-state index contributed by atoms with van der Waals surface area (Å²) in [6.45, 7) is 7.75. The summed E-state index contributed by atoms with van der Waals surface area (Å²) < 4.78 is 6.37. The Bertz CT molecular complexity index is 404. The number of rotatable bonds is 6. The van der Waals surface area contributed by atoms with Crippen LogP contribution in [0.3, 0.4) is 0 Å². The lowest BCUT2D eigenvalue weighted by Gasteiger charge is -2.37. The summed E-state index contributed by atoms with van der Waals surface area (Å²) in [4.78, 5) is 0. The normalized spacial score (nSPS) is 26.4. The molecule has 1 N–H and O–H groups in total. The van der Waals surface area contributed by atoms with Gasteiger partial charge in [-0.1, -0.05) is 38.5 Å². The van der Waals surface area contributed by atoms with Crippen molar-refractivity contribution in [2.45, 2.75) is 65.0 Å². The minimum Gasteiger partial charge on any atom is -0.489 e.